The number of rotatable bonds is 5. The van der Waals surface area contributed by atoms with Crippen LogP contribution in [0.1, 0.15) is 18.1 Å². The molecule has 2 aromatic carbocycles. The van der Waals surface area contributed by atoms with Crippen LogP contribution in [0.5, 0.6) is 0 Å². The second kappa shape index (κ2) is 8.84. The van der Waals surface area contributed by atoms with Gasteiger partial charge in [0.15, 0.2) is 0 Å². The van der Waals surface area contributed by atoms with Crippen molar-refractivity contribution < 1.29 is 4.79 Å². The number of amides is 2. The highest BCUT2D eigenvalue weighted by atomic mass is 35.5. The molecule has 29 heavy (non-hydrogen) atoms. The van der Waals surface area contributed by atoms with Crippen LogP contribution in [0, 0.1) is 6.92 Å². The van der Waals surface area contributed by atoms with Crippen molar-refractivity contribution in [2.24, 2.45) is 0 Å². The van der Waals surface area contributed by atoms with Crippen molar-refractivity contribution in [3.8, 4) is 0 Å². The third kappa shape index (κ3) is 4.60. The van der Waals surface area contributed by atoms with Gasteiger partial charge in [-0.25, -0.2) is 9.78 Å². The number of urea groups is 1. The van der Waals surface area contributed by atoms with Crippen molar-refractivity contribution in [1.29, 1.82) is 0 Å². The van der Waals surface area contributed by atoms with Gasteiger partial charge in [-0.1, -0.05) is 12.1 Å². The number of hydrogen-bond donors (Lipinski definition) is 4. The number of fused-ring (bicyclic) bond motifs is 2. The lowest BCUT2D eigenvalue weighted by Crippen LogP contribution is -2.28. The van der Waals surface area contributed by atoms with E-state index in [1.54, 1.807) is 6.20 Å². The lowest BCUT2D eigenvalue weighted by Gasteiger charge is -2.12. The summed E-state index contributed by atoms with van der Waals surface area (Å²) in [5.41, 5.74) is 4.52. The molecule has 150 valence electrons. The molecular formula is C22H24ClN5O. The zero-order valence-electron chi connectivity index (χ0n) is 16.4. The first-order valence-corrected chi connectivity index (χ1v) is 9.37. The van der Waals surface area contributed by atoms with Crippen molar-refractivity contribution >= 4 is 51.6 Å². The van der Waals surface area contributed by atoms with Gasteiger partial charge in [-0.05, 0) is 66.1 Å². The largest absolute Gasteiger partial charge is 0.381 e. The fourth-order valence-corrected chi connectivity index (χ4v) is 3.34. The van der Waals surface area contributed by atoms with E-state index in [1.807, 2.05) is 19.2 Å². The highest BCUT2D eigenvalue weighted by molar-refractivity contribution is 5.94. The Hall–Kier alpha value is -3.25. The minimum atomic E-state index is -0.250. The van der Waals surface area contributed by atoms with E-state index in [-0.39, 0.29) is 18.4 Å². The van der Waals surface area contributed by atoms with E-state index in [1.165, 1.54) is 10.9 Å². The Balaban J connectivity index is 0.00000240. The minimum absolute atomic E-state index is 0. The maximum absolute atomic E-state index is 11.7. The fourth-order valence-electron chi connectivity index (χ4n) is 3.34. The van der Waals surface area contributed by atoms with Gasteiger partial charge in [0.1, 0.15) is 5.82 Å². The molecule has 6 nitrogen and oxygen atoms in total. The molecule has 0 spiro atoms. The zero-order chi connectivity index (χ0) is 19.5. The van der Waals surface area contributed by atoms with Crippen molar-refractivity contribution in [3.05, 3.63) is 66.0 Å². The van der Waals surface area contributed by atoms with E-state index in [2.05, 4.69) is 69.2 Å². The van der Waals surface area contributed by atoms with Crippen molar-refractivity contribution in [3.63, 3.8) is 0 Å². The molecular weight excluding hydrogens is 386 g/mol. The van der Waals surface area contributed by atoms with Crippen molar-refractivity contribution in [1.82, 2.24) is 15.3 Å². The van der Waals surface area contributed by atoms with Crippen molar-refractivity contribution in [2.45, 2.75) is 20.4 Å². The number of aromatic amines is 1. The molecule has 0 atom stereocenters. The highest BCUT2D eigenvalue weighted by Crippen LogP contribution is 2.25. The molecule has 4 N–H and O–H groups in total. The number of benzene rings is 2. The molecule has 2 heterocycles. The summed E-state index contributed by atoms with van der Waals surface area (Å²) >= 11 is 0. The summed E-state index contributed by atoms with van der Waals surface area (Å²) in [6, 6.07) is 14.3. The predicted octanol–water partition coefficient (Wildman–Crippen LogP) is 5.20. The second-order valence-corrected chi connectivity index (χ2v) is 6.82. The van der Waals surface area contributed by atoms with Crippen LogP contribution in [0.25, 0.3) is 21.7 Å². The number of halogens is 1. The molecule has 0 saturated carbocycles. The number of nitrogens with zero attached hydrogens (tertiary/aromatic N) is 1. The number of carbonyl (C=O) groups excluding carboxylic acids is 1. The summed E-state index contributed by atoms with van der Waals surface area (Å²) in [6.45, 7) is 5.25. The number of anilines is 2. The molecule has 0 saturated heterocycles. The predicted molar refractivity (Wildman–Crippen MR) is 122 cm³/mol. The third-order valence-corrected chi connectivity index (χ3v) is 4.74. The molecule has 4 rings (SSSR count). The quantitative estimate of drug-likeness (QED) is 0.365. The lowest BCUT2D eigenvalue weighted by atomic mass is 10.1. The number of nitrogens with one attached hydrogen (secondary N) is 4. The van der Waals surface area contributed by atoms with Crippen LogP contribution in [0.3, 0.4) is 0 Å². The third-order valence-electron chi connectivity index (χ3n) is 4.74. The van der Waals surface area contributed by atoms with Crippen LogP contribution < -0.4 is 16.0 Å². The van der Waals surface area contributed by atoms with E-state index < -0.39 is 0 Å². The average Bonchev–Trinajstić information content (AvgIpc) is 3.14. The van der Waals surface area contributed by atoms with Gasteiger partial charge in [0, 0.05) is 42.1 Å². The standard InChI is InChI=1S/C22H23N5O.ClH/c1-3-23-22(28)27-21-11-17-10-18(8-14(2)19(17)13-26-21)25-12-15-4-5-16-6-7-24-20(16)9-15;/h4-11,13,24-25H,3,12H2,1-2H3,(H2,23,26,27,28);1H. The molecule has 4 aromatic rings. The average molecular weight is 410 g/mol. The Labute approximate surface area is 175 Å². The van der Waals surface area contributed by atoms with E-state index in [0.717, 1.165) is 34.1 Å². The SMILES string of the molecule is CCNC(=O)Nc1cc2cc(NCc3ccc4cc[nH]c4c3)cc(C)c2cn1.Cl. The van der Waals surface area contributed by atoms with Gasteiger partial charge in [0.05, 0.1) is 0 Å². The number of pyridine rings is 1. The van der Waals surface area contributed by atoms with E-state index in [0.29, 0.717) is 12.4 Å². The monoisotopic (exact) mass is 409 g/mol. The van der Waals surface area contributed by atoms with Gasteiger partial charge in [0.25, 0.3) is 0 Å². The molecule has 0 aliphatic carbocycles. The molecule has 7 heteroatoms. The van der Waals surface area contributed by atoms with Crippen molar-refractivity contribution in [2.75, 3.05) is 17.2 Å². The smallest absolute Gasteiger partial charge is 0.320 e. The molecule has 2 amide bonds. The van der Waals surface area contributed by atoms with Crippen LogP contribution in [0.4, 0.5) is 16.3 Å². The first kappa shape index (κ1) is 20.5. The molecule has 0 aliphatic rings. The molecule has 0 fully saturated rings. The van der Waals surface area contributed by atoms with Crippen LogP contribution in [0.2, 0.25) is 0 Å². The normalized spacial score (nSPS) is 10.6. The molecule has 0 radical (unpaired) electrons. The first-order valence-electron chi connectivity index (χ1n) is 9.37. The topological polar surface area (TPSA) is 81.8 Å². The molecule has 0 bridgehead atoms. The number of hydrogen-bond acceptors (Lipinski definition) is 3. The first-order chi connectivity index (χ1) is 13.6. The van der Waals surface area contributed by atoms with E-state index in [4.69, 9.17) is 0 Å². The van der Waals surface area contributed by atoms with Crippen LogP contribution in [-0.2, 0) is 6.54 Å². The molecule has 0 aliphatic heterocycles. The van der Waals surface area contributed by atoms with Crippen LogP contribution in [0.15, 0.2) is 54.9 Å². The Kier molecular flexibility index (Phi) is 6.24. The summed E-state index contributed by atoms with van der Waals surface area (Å²) in [6.07, 6.45) is 3.75. The van der Waals surface area contributed by atoms with E-state index >= 15 is 0 Å². The maximum Gasteiger partial charge on any atom is 0.320 e. The Bertz CT molecular complexity index is 1150. The number of carbonyl (C=O) groups is 1. The molecule has 2 aromatic heterocycles. The summed E-state index contributed by atoms with van der Waals surface area (Å²) < 4.78 is 0. The highest BCUT2D eigenvalue weighted by Gasteiger charge is 2.06. The zero-order valence-corrected chi connectivity index (χ0v) is 17.2. The minimum Gasteiger partial charge on any atom is -0.381 e. The number of aryl methyl sites for hydroxylation is 1. The summed E-state index contributed by atoms with van der Waals surface area (Å²) in [5.74, 6) is 0.534. The molecule has 0 unspecified atom stereocenters. The lowest BCUT2D eigenvalue weighted by molar-refractivity contribution is 0.252. The maximum atomic E-state index is 11.7. The number of H-pyrrole nitrogens is 1. The van der Waals surface area contributed by atoms with Gasteiger partial charge >= 0.3 is 6.03 Å². The summed E-state index contributed by atoms with van der Waals surface area (Å²) in [5, 5.41) is 12.3. The Morgan fingerprint density at radius 3 is 2.79 bits per heavy atom. The Morgan fingerprint density at radius 1 is 1.10 bits per heavy atom. The number of aromatic nitrogens is 2. The second-order valence-electron chi connectivity index (χ2n) is 6.82. The van der Waals surface area contributed by atoms with Gasteiger partial charge < -0.3 is 15.6 Å². The van der Waals surface area contributed by atoms with Gasteiger partial charge in [-0.3, -0.25) is 5.32 Å². The van der Waals surface area contributed by atoms with Gasteiger partial charge in [-0.2, -0.15) is 0 Å². The van der Waals surface area contributed by atoms with Crippen LogP contribution >= 0.6 is 12.4 Å². The summed E-state index contributed by atoms with van der Waals surface area (Å²) in [4.78, 5) is 19.3. The Morgan fingerprint density at radius 2 is 1.97 bits per heavy atom. The van der Waals surface area contributed by atoms with Gasteiger partial charge in [0.2, 0.25) is 0 Å². The van der Waals surface area contributed by atoms with Gasteiger partial charge in [-0.15, -0.1) is 12.4 Å². The van der Waals surface area contributed by atoms with E-state index in [9.17, 15) is 4.79 Å². The summed E-state index contributed by atoms with van der Waals surface area (Å²) in [7, 11) is 0. The fraction of sp³-hybridized carbons (Fsp3) is 0.182. The van der Waals surface area contributed by atoms with Crippen LogP contribution in [-0.4, -0.2) is 22.5 Å².